The molecule has 0 radical (unpaired) electrons. The second-order valence-electron chi connectivity index (χ2n) is 4.94. The van der Waals surface area contributed by atoms with Gasteiger partial charge in [0, 0.05) is 12.1 Å². The molecule has 0 aliphatic carbocycles. The average molecular weight is 314 g/mol. The van der Waals surface area contributed by atoms with Crippen molar-refractivity contribution in [3.63, 3.8) is 0 Å². The van der Waals surface area contributed by atoms with E-state index in [4.69, 9.17) is 4.74 Å². The highest BCUT2D eigenvalue weighted by molar-refractivity contribution is 6.04. The Morgan fingerprint density at radius 1 is 1.17 bits per heavy atom. The predicted octanol–water partition coefficient (Wildman–Crippen LogP) is 3.19. The molecule has 0 fully saturated rings. The highest BCUT2D eigenvalue weighted by atomic mass is 19.1. The number of halogens is 1. The largest absolute Gasteiger partial charge is 0.468 e. The second kappa shape index (κ2) is 8.68. The van der Waals surface area contributed by atoms with E-state index in [9.17, 15) is 9.18 Å². The molecule has 2 rings (SSSR count). The highest BCUT2D eigenvalue weighted by Crippen LogP contribution is 2.04. The van der Waals surface area contributed by atoms with E-state index in [1.54, 1.807) is 0 Å². The molecule has 5 heteroatoms. The van der Waals surface area contributed by atoms with Crippen LogP contribution in [0.15, 0.2) is 59.6 Å². The van der Waals surface area contributed by atoms with Crippen molar-refractivity contribution in [1.82, 2.24) is 5.32 Å². The summed E-state index contributed by atoms with van der Waals surface area (Å²) in [4.78, 5) is 16.2. The van der Waals surface area contributed by atoms with Crippen molar-refractivity contribution in [2.24, 2.45) is 4.99 Å². The van der Waals surface area contributed by atoms with Gasteiger partial charge in [-0.15, -0.1) is 0 Å². The third kappa shape index (κ3) is 5.54. The molecule has 2 aromatic rings. The number of hydrogen-bond donors (Lipinski definition) is 1. The maximum absolute atomic E-state index is 13.1. The molecule has 23 heavy (non-hydrogen) atoms. The number of aliphatic imine (C=N–C) groups is 1. The van der Waals surface area contributed by atoms with Crippen molar-refractivity contribution >= 4 is 11.9 Å². The highest BCUT2D eigenvalue weighted by Gasteiger charge is 2.09. The van der Waals surface area contributed by atoms with Crippen molar-refractivity contribution in [2.45, 2.75) is 12.8 Å². The average Bonchev–Trinajstić information content (AvgIpc) is 2.58. The standard InChI is InChI=1S/C18H19FN2O2/c1-23-18(20-12-6-9-14-7-3-2-4-8-14)21-17(22)15-10-5-11-16(19)13-15/h2-5,7-8,10-11,13H,6,9,12H2,1H3,(H,20,21,22). The van der Waals surface area contributed by atoms with Crippen LogP contribution in [-0.2, 0) is 11.2 Å². The molecule has 2 aromatic carbocycles. The fraction of sp³-hybridized carbons (Fsp3) is 0.222. The first-order valence-corrected chi connectivity index (χ1v) is 7.38. The molecule has 0 atom stereocenters. The number of ether oxygens (including phenoxy) is 1. The van der Waals surface area contributed by atoms with Gasteiger partial charge in [-0.1, -0.05) is 36.4 Å². The topological polar surface area (TPSA) is 50.7 Å². The van der Waals surface area contributed by atoms with Crippen LogP contribution in [0.4, 0.5) is 4.39 Å². The molecule has 120 valence electrons. The van der Waals surface area contributed by atoms with Crippen LogP contribution in [-0.4, -0.2) is 25.6 Å². The lowest BCUT2D eigenvalue weighted by atomic mass is 10.1. The number of hydrogen-bond acceptors (Lipinski definition) is 3. The van der Waals surface area contributed by atoms with Crippen molar-refractivity contribution in [3.8, 4) is 0 Å². The molecule has 4 nitrogen and oxygen atoms in total. The number of carbonyl (C=O) groups is 1. The monoisotopic (exact) mass is 314 g/mol. The van der Waals surface area contributed by atoms with Gasteiger partial charge < -0.3 is 4.74 Å². The van der Waals surface area contributed by atoms with E-state index in [-0.39, 0.29) is 11.6 Å². The number of amides is 1. The third-order valence-electron chi connectivity index (χ3n) is 3.22. The number of amidine groups is 1. The molecule has 1 N–H and O–H groups in total. The number of carbonyl (C=O) groups excluding carboxylic acids is 1. The summed E-state index contributed by atoms with van der Waals surface area (Å²) in [6.07, 6.45) is 1.74. The van der Waals surface area contributed by atoms with Gasteiger partial charge in [0.1, 0.15) is 5.82 Å². The molecule has 0 aliphatic rings. The number of aryl methyl sites for hydroxylation is 1. The van der Waals surface area contributed by atoms with E-state index < -0.39 is 11.7 Å². The normalized spacial score (nSPS) is 11.1. The Labute approximate surface area is 135 Å². The number of methoxy groups -OCH3 is 1. The van der Waals surface area contributed by atoms with Crippen LogP contribution in [0, 0.1) is 5.82 Å². The number of rotatable bonds is 5. The van der Waals surface area contributed by atoms with Crippen LogP contribution in [0.2, 0.25) is 0 Å². The van der Waals surface area contributed by atoms with Crippen LogP contribution < -0.4 is 5.32 Å². The van der Waals surface area contributed by atoms with Crippen LogP contribution in [0.1, 0.15) is 22.3 Å². The minimum atomic E-state index is -0.462. The summed E-state index contributed by atoms with van der Waals surface area (Å²) in [6.45, 7) is 0.529. The Kier molecular flexibility index (Phi) is 6.29. The first kappa shape index (κ1) is 16.7. The molecule has 0 aromatic heterocycles. The van der Waals surface area contributed by atoms with Gasteiger partial charge in [0.05, 0.1) is 7.11 Å². The first-order valence-electron chi connectivity index (χ1n) is 7.38. The zero-order chi connectivity index (χ0) is 16.5. The summed E-state index contributed by atoms with van der Waals surface area (Å²) < 4.78 is 18.2. The zero-order valence-electron chi connectivity index (χ0n) is 13.0. The van der Waals surface area contributed by atoms with Gasteiger partial charge in [-0.3, -0.25) is 10.1 Å². The maximum Gasteiger partial charge on any atom is 0.291 e. The minimum Gasteiger partial charge on any atom is -0.468 e. The molecule has 0 spiro atoms. The fourth-order valence-electron chi connectivity index (χ4n) is 2.06. The van der Waals surface area contributed by atoms with E-state index in [0.29, 0.717) is 6.54 Å². The van der Waals surface area contributed by atoms with Crippen molar-refractivity contribution < 1.29 is 13.9 Å². The number of nitrogens with one attached hydrogen (secondary N) is 1. The van der Waals surface area contributed by atoms with Gasteiger partial charge in [-0.2, -0.15) is 0 Å². The molecular formula is C18H19FN2O2. The molecule has 0 heterocycles. The second-order valence-corrected chi connectivity index (χ2v) is 4.94. The Hall–Kier alpha value is -2.69. The van der Waals surface area contributed by atoms with Gasteiger partial charge in [-0.25, -0.2) is 9.38 Å². The summed E-state index contributed by atoms with van der Waals surface area (Å²) >= 11 is 0. The molecule has 0 aliphatic heterocycles. The van der Waals surface area contributed by atoms with Crippen LogP contribution in [0.5, 0.6) is 0 Å². The molecule has 0 bridgehead atoms. The summed E-state index contributed by atoms with van der Waals surface area (Å²) in [6, 6.07) is 15.7. The number of nitrogens with zero attached hydrogens (tertiary/aromatic N) is 1. The van der Waals surface area contributed by atoms with E-state index >= 15 is 0 Å². The lowest BCUT2D eigenvalue weighted by molar-refractivity contribution is 0.0968. The van der Waals surface area contributed by atoms with Gasteiger partial charge >= 0.3 is 0 Å². The SMILES string of the molecule is COC(=NCCCc1ccccc1)NC(=O)c1cccc(F)c1. The van der Waals surface area contributed by atoms with Gasteiger partial charge in [0.15, 0.2) is 0 Å². The third-order valence-corrected chi connectivity index (χ3v) is 3.22. The van der Waals surface area contributed by atoms with Gasteiger partial charge in [0.2, 0.25) is 0 Å². The van der Waals surface area contributed by atoms with E-state index in [1.807, 2.05) is 18.2 Å². The van der Waals surface area contributed by atoms with E-state index in [1.165, 1.54) is 30.9 Å². The van der Waals surface area contributed by atoms with Gasteiger partial charge in [-0.05, 0) is 36.6 Å². The Morgan fingerprint density at radius 3 is 2.65 bits per heavy atom. The fourth-order valence-corrected chi connectivity index (χ4v) is 2.06. The van der Waals surface area contributed by atoms with Crippen molar-refractivity contribution in [1.29, 1.82) is 0 Å². The summed E-state index contributed by atoms with van der Waals surface area (Å²) in [5.74, 6) is -0.912. The molecular weight excluding hydrogens is 295 g/mol. The molecule has 0 saturated carbocycles. The Bertz CT molecular complexity index is 672. The Morgan fingerprint density at radius 2 is 1.96 bits per heavy atom. The molecule has 0 saturated heterocycles. The van der Waals surface area contributed by atoms with Crippen molar-refractivity contribution in [3.05, 3.63) is 71.5 Å². The maximum atomic E-state index is 13.1. The lowest BCUT2D eigenvalue weighted by Gasteiger charge is -2.07. The first-order chi connectivity index (χ1) is 11.2. The lowest BCUT2D eigenvalue weighted by Crippen LogP contribution is -2.32. The molecule has 1 amide bonds. The van der Waals surface area contributed by atoms with E-state index in [0.717, 1.165) is 18.9 Å². The summed E-state index contributed by atoms with van der Waals surface area (Å²) in [7, 11) is 1.43. The van der Waals surface area contributed by atoms with Crippen LogP contribution in [0.3, 0.4) is 0 Å². The van der Waals surface area contributed by atoms with E-state index in [2.05, 4.69) is 22.4 Å². The summed E-state index contributed by atoms with van der Waals surface area (Å²) in [5, 5.41) is 2.53. The van der Waals surface area contributed by atoms with Crippen LogP contribution >= 0.6 is 0 Å². The van der Waals surface area contributed by atoms with Gasteiger partial charge in [0.25, 0.3) is 11.9 Å². The van der Waals surface area contributed by atoms with Crippen molar-refractivity contribution in [2.75, 3.05) is 13.7 Å². The molecule has 0 unspecified atom stereocenters. The number of benzene rings is 2. The smallest absolute Gasteiger partial charge is 0.291 e. The quantitative estimate of drug-likeness (QED) is 0.523. The Balaban J connectivity index is 1.85. The zero-order valence-corrected chi connectivity index (χ0v) is 13.0. The summed E-state index contributed by atoms with van der Waals surface area (Å²) in [5.41, 5.74) is 1.46. The van der Waals surface area contributed by atoms with Crippen LogP contribution in [0.25, 0.3) is 0 Å². The predicted molar refractivity (Wildman–Crippen MR) is 87.9 cm³/mol. The minimum absolute atomic E-state index is 0.132.